The highest BCUT2D eigenvalue weighted by Gasteiger charge is 2.13. The van der Waals surface area contributed by atoms with Gasteiger partial charge in [-0.1, -0.05) is 30.3 Å². The molecule has 0 aliphatic heterocycles. The first-order valence-electron chi connectivity index (χ1n) is 6.09. The summed E-state index contributed by atoms with van der Waals surface area (Å²) in [7, 11) is 2.12. The lowest BCUT2D eigenvalue weighted by atomic mass is 9.98. The second kappa shape index (κ2) is 4.70. The number of benzene rings is 1. The minimum Gasteiger partial charge on any atom is -0.205 e. The zero-order chi connectivity index (χ0) is 12.4. The minimum atomic E-state index is 1.02. The summed E-state index contributed by atoms with van der Waals surface area (Å²) in [5.41, 5.74) is 6.96. The van der Waals surface area contributed by atoms with Crippen molar-refractivity contribution < 1.29 is 4.57 Å². The van der Waals surface area contributed by atoms with Gasteiger partial charge in [0, 0.05) is 24.5 Å². The summed E-state index contributed by atoms with van der Waals surface area (Å²) in [6, 6.07) is 10.7. The normalized spacial score (nSPS) is 10.6. The zero-order valence-corrected chi connectivity index (χ0v) is 11.1. The minimum absolute atomic E-state index is 1.02. The Hall–Kier alpha value is -1.63. The first-order chi connectivity index (χ1) is 8.09. The molecule has 0 aliphatic rings. The van der Waals surface area contributed by atoms with Crippen molar-refractivity contribution in [1.29, 1.82) is 0 Å². The highest BCUT2D eigenvalue weighted by Crippen LogP contribution is 2.17. The summed E-state index contributed by atoms with van der Waals surface area (Å²) in [4.78, 5) is 0. The third-order valence-electron chi connectivity index (χ3n) is 3.70. The van der Waals surface area contributed by atoms with Gasteiger partial charge in [-0.05, 0) is 25.0 Å². The molecule has 0 saturated heterocycles. The first kappa shape index (κ1) is 11.8. The summed E-state index contributed by atoms with van der Waals surface area (Å²) < 4.78 is 2.22. The van der Waals surface area contributed by atoms with Gasteiger partial charge in [-0.25, -0.2) is 4.57 Å². The van der Waals surface area contributed by atoms with E-state index in [0.717, 1.165) is 6.42 Å². The zero-order valence-electron chi connectivity index (χ0n) is 11.1. The number of rotatable bonds is 2. The molecule has 0 aliphatic carbocycles. The molecule has 88 valence electrons. The van der Waals surface area contributed by atoms with E-state index in [4.69, 9.17) is 0 Å². The van der Waals surface area contributed by atoms with Gasteiger partial charge in [0.1, 0.15) is 7.05 Å². The van der Waals surface area contributed by atoms with Gasteiger partial charge in [0.05, 0.1) is 0 Å². The lowest BCUT2D eigenvalue weighted by Gasteiger charge is -2.09. The van der Waals surface area contributed by atoms with Crippen molar-refractivity contribution in [2.75, 3.05) is 0 Å². The summed E-state index contributed by atoms with van der Waals surface area (Å²) in [6.45, 7) is 6.61. The van der Waals surface area contributed by atoms with E-state index in [2.05, 4.69) is 68.9 Å². The average molecular weight is 226 g/mol. The highest BCUT2D eigenvalue weighted by atomic mass is 14.9. The molecule has 1 nitrogen and oxygen atoms in total. The van der Waals surface area contributed by atoms with Crippen molar-refractivity contribution in [2.24, 2.45) is 7.05 Å². The van der Waals surface area contributed by atoms with Crippen LogP contribution in [0.4, 0.5) is 0 Å². The monoisotopic (exact) mass is 226 g/mol. The van der Waals surface area contributed by atoms with Crippen LogP contribution < -0.4 is 4.57 Å². The quantitative estimate of drug-likeness (QED) is 0.693. The van der Waals surface area contributed by atoms with E-state index in [1.165, 1.54) is 27.9 Å². The number of aromatic nitrogens is 1. The van der Waals surface area contributed by atoms with Gasteiger partial charge >= 0.3 is 0 Å². The first-order valence-corrected chi connectivity index (χ1v) is 6.09. The number of aryl methyl sites for hydroxylation is 1. The third kappa shape index (κ3) is 2.38. The van der Waals surface area contributed by atoms with Crippen LogP contribution in [0.15, 0.2) is 36.5 Å². The maximum atomic E-state index is 2.25. The number of nitrogens with zero attached hydrogens (tertiary/aromatic N) is 1. The molecule has 2 rings (SSSR count). The molecule has 0 saturated carbocycles. The van der Waals surface area contributed by atoms with Crippen molar-refractivity contribution >= 4 is 0 Å². The molecule has 1 aromatic carbocycles. The molecule has 0 bridgehead atoms. The summed E-state index contributed by atoms with van der Waals surface area (Å²) in [5, 5.41) is 0. The van der Waals surface area contributed by atoms with Crippen LogP contribution in [0.5, 0.6) is 0 Å². The predicted molar refractivity (Wildman–Crippen MR) is 71.1 cm³/mol. The van der Waals surface area contributed by atoms with Crippen molar-refractivity contribution in [2.45, 2.75) is 27.2 Å². The van der Waals surface area contributed by atoms with Crippen molar-refractivity contribution in [3.8, 4) is 0 Å². The van der Waals surface area contributed by atoms with Gasteiger partial charge < -0.3 is 0 Å². The molecule has 17 heavy (non-hydrogen) atoms. The Morgan fingerprint density at radius 1 is 0.941 bits per heavy atom. The van der Waals surface area contributed by atoms with Crippen LogP contribution in [0, 0.1) is 20.8 Å². The predicted octanol–water partition coefficient (Wildman–Crippen LogP) is 3.03. The van der Waals surface area contributed by atoms with Crippen LogP contribution in [-0.2, 0) is 13.5 Å². The molecule has 0 atom stereocenters. The maximum Gasteiger partial charge on any atom is 0.181 e. The van der Waals surface area contributed by atoms with Gasteiger partial charge in [0.25, 0.3) is 0 Å². The molecule has 0 fully saturated rings. The number of hydrogen-bond donors (Lipinski definition) is 0. The molecular formula is C16H20N+. The SMILES string of the molecule is Cc1c(Cc2ccccc2)c[n+](C)c(C)c1C. The molecule has 1 heterocycles. The summed E-state index contributed by atoms with van der Waals surface area (Å²) in [5.74, 6) is 0. The van der Waals surface area contributed by atoms with E-state index in [-0.39, 0.29) is 0 Å². The van der Waals surface area contributed by atoms with Crippen LogP contribution in [0.25, 0.3) is 0 Å². The van der Waals surface area contributed by atoms with Crippen LogP contribution in [-0.4, -0.2) is 0 Å². The average Bonchev–Trinajstić information content (AvgIpc) is 2.35. The molecule has 0 N–H and O–H groups in total. The van der Waals surface area contributed by atoms with Gasteiger partial charge in [0.2, 0.25) is 0 Å². The Kier molecular flexibility index (Phi) is 3.28. The molecular weight excluding hydrogens is 206 g/mol. The molecule has 0 amide bonds. The van der Waals surface area contributed by atoms with Crippen LogP contribution >= 0.6 is 0 Å². The molecule has 1 heteroatoms. The fourth-order valence-corrected chi connectivity index (χ4v) is 2.20. The topological polar surface area (TPSA) is 3.88 Å². The molecule has 0 radical (unpaired) electrons. The molecule has 0 spiro atoms. The Bertz CT molecular complexity index is 527. The maximum absolute atomic E-state index is 2.25. The third-order valence-corrected chi connectivity index (χ3v) is 3.70. The molecule has 0 unspecified atom stereocenters. The Morgan fingerprint density at radius 2 is 1.59 bits per heavy atom. The smallest absolute Gasteiger partial charge is 0.181 e. The molecule has 2 aromatic rings. The summed E-state index contributed by atoms with van der Waals surface area (Å²) >= 11 is 0. The lowest BCUT2D eigenvalue weighted by Crippen LogP contribution is -2.33. The fourth-order valence-electron chi connectivity index (χ4n) is 2.20. The van der Waals surface area contributed by atoms with E-state index in [9.17, 15) is 0 Å². The van der Waals surface area contributed by atoms with E-state index in [1.807, 2.05) is 0 Å². The second-order valence-electron chi connectivity index (χ2n) is 4.76. The van der Waals surface area contributed by atoms with Crippen molar-refractivity contribution in [3.05, 3.63) is 64.5 Å². The van der Waals surface area contributed by atoms with Gasteiger partial charge in [-0.2, -0.15) is 0 Å². The highest BCUT2D eigenvalue weighted by molar-refractivity contribution is 5.34. The van der Waals surface area contributed by atoms with Crippen LogP contribution in [0.1, 0.15) is 27.9 Å². The van der Waals surface area contributed by atoms with Crippen molar-refractivity contribution in [3.63, 3.8) is 0 Å². The van der Waals surface area contributed by atoms with E-state index in [1.54, 1.807) is 0 Å². The van der Waals surface area contributed by atoms with Gasteiger partial charge in [-0.15, -0.1) is 0 Å². The van der Waals surface area contributed by atoms with Crippen LogP contribution in [0.3, 0.4) is 0 Å². The lowest BCUT2D eigenvalue weighted by molar-refractivity contribution is -0.678. The Morgan fingerprint density at radius 3 is 2.24 bits per heavy atom. The van der Waals surface area contributed by atoms with Crippen LogP contribution in [0.2, 0.25) is 0 Å². The van der Waals surface area contributed by atoms with Gasteiger partial charge in [0.15, 0.2) is 11.9 Å². The summed E-state index contributed by atoms with van der Waals surface area (Å²) in [6.07, 6.45) is 3.27. The Labute approximate surface area is 104 Å². The van der Waals surface area contributed by atoms with Gasteiger partial charge in [-0.3, -0.25) is 0 Å². The van der Waals surface area contributed by atoms with Crippen molar-refractivity contribution in [1.82, 2.24) is 0 Å². The largest absolute Gasteiger partial charge is 0.205 e. The van der Waals surface area contributed by atoms with E-state index < -0.39 is 0 Å². The second-order valence-corrected chi connectivity index (χ2v) is 4.76. The number of hydrogen-bond acceptors (Lipinski definition) is 0. The fraction of sp³-hybridized carbons (Fsp3) is 0.312. The van der Waals surface area contributed by atoms with E-state index >= 15 is 0 Å². The molecule has 1 aromatic heterocycles. The Balaban J connectivity index is 2.41. The number of pyridine rings is 1. The standard InChI is InChI=1S/C16H20N/c1-12-13(2)16(11-17(4)14(12)3)10-15-8-6-5-7-9-15/h5-9,11H,10H2,1-4H3/q+1. The van der Waals surface area contributed by atoms with E-state index in [0.29, 0.717) is 0 Å².